The smallest absolute Gasteiger partial charge is 0.320 e. The number of carbonyl (C=O) groups is 1. The SMILES string of the molecule is CCN(CC(=O)OC(C)(C)C)C1CCCC1CN. The van der Waals surface area contributed by atoms with Crippen molar-refractivity contribution in [3.05, 3.63) is 0 Å². The zero-order valence-corrected chi connectivity index (χ0v) is 12.2. The van der Waals surface area contributed by atoms with Gasteiger partial charge in [-0.15, -0.1) is 0 Å². The molecular formula is C14H28N2O2. The Morgan fingerprint density at radius 1 is 1.39 bits per heavy atom. The largest absolute Gasteiger partial charge is 0.459 e. The molecule has 0 aromatic rings. The summed E-state index contributed by atoms with van der Waals surface area (Å²) in [6, 6.07) is 0.451. The van der Waals surface area contributed by atoms with E-state index in [-0.39, 0.29) is 5.97 Å². The van der Waals surface area contributed by atoms with Gasteiger partial charge in [-0.3, -0.25) is 9.69 Å². The Morgan fingerprint density at radius 2 is 2.06 bits per heavy atom. The minimum absolute atomic E-state index is 0.132. The summed E-state index contributed by atoms with van der Waals surface area (Å²) in [6.45, 7) is 9.78. The molecule has 18 heavy (non-hydrogen) atoms. The van der Waals surface area contributed by atoms with Gasteiger partial charge in [-0.1, -0.05) is 13.3 Å². The Labute approximate surface area is 111 Å². The molecule has 4 nitrogen and oxygen atoms in total. The van der Waals surface area contributed by atoms with Crippen molar-refractivity contribution in [2.75, 3.05) is 19.6 Å². The van der Waals surface area contributed by atoms with Crippen molar-refractivity contribution < 1.29 is 9.53 Å². The van der Waals surface area contributed by atoms with Crippen molar-refractivity contribution in [2.45, 2.75) is 58.6 Å². The first kappa shape index (κ1) is 15.4. The van der Waals surface area contributed by atoms with E-state index in [0.717, 1.165) is 19.5 Å². The lowest BCUT2D eigenvalue weighted by atomic mass is 10.0. The van der Waals surface area contributed by atoms with Crippen LogP contribution in [0.2, 0.25) is 0 Å². The van der Waals surface area contributed by atoms with E-state index in [4.69, 9.17) is 10.5 Å². The quantitative estimate of drug-likeness (QED) is 0.762. The third-order valence-electron chi connectivity index (χ3n) is 3.55. The molecule has 0 radical (unpaired) electrons. The summed E-state index contributed by atoms with van der Waals surface area (Å²) in [4.78, 5) is 14.1. The molecule has 0 bridgehead atoms. The number of hydrogen-bond donors (Lipinski definition) is 1. The third kappa shape index (κ3) is 4.58. The van der Waals surface area contributed by atoms with Crippen LogP contribution < -0.4 is 5.73 Å². The number of carbonyl (C=O) groups excluding carboxylic acids is 1. The Kier molecular flexibility index (Phi) is 5.60. The van der Waals surface area contributed by atoms with Gasteiger partial charge in [-0.25, -0.2) is 0 Å². The van der Waals surface area contributed by atoms with Crippen LogP contribution in [0.15, 0.2) is 0 Å². The van der Waals surface area contributed by atoms with E-state index in [1.165, 1.54) is 12.8 Å². The Bertz CT molecular complexity index is 273. The van der Waals surface area contributed by atoms with Crippen LogP contribution in [0.4, 0.5) is 0 Å². The van der Waals surface area contributed by atoms with Gasteiger partial charge in [0.05, 0.1) is 6.54 Å². The zero-order chi connectivity index (χ0) is 13.8. The molecule has 2 N–H and O–H groups in total. The predicted molar refractivity (Wildman–Crippen MR) is 73.3 cm³/mol. The monoisotopic (exact) mass is 256 g/mol. The molecule has 2 unspecified atom stereocenters. The molecule has 0 heterocycles. The normalized spacial score (nSPS) is 24.6. The first-order valence-corrected chi connectivity index (χ1v) is 7.03. The summed E-state index contributed by atoms with van der Waals surface area (Å²) in [5.74, 6) is 0.402. The average Bonchev–Trinajstić information content (AvgIpc) is 2.71. The van der Waals surface area contributed by atoms with E-state index in [9.17, 15) is 4.79 Å². The van der Waals surface area contributed by atoms with Crippen LogP contribution in [-0.2, 0) is 9.53 Å². The summed E-state index contributed by atoms with van der Waals surface area (Å²) < 4.78 is 5.39. The lowest BCUT2D eigenvalue weighted by Crippen LogP contribution is -2.44. The van der Waals surface area contributed by atoms with Crippen molar-refractivity contribution >= 4 is 5.97 Å². The molecule has 0 aliphatic heterocycles. The minimum atomic E-state index is -0.403. The van der Waals surface area contributed by atoms with E-state index in [2.05, 4.69) is 11.8 Å². The predicted octanol–water partition coefficient (Wildman–Crippen LogP) is 1.78. The van der Waals surface area contributed by atoms with E-state index in [0.29, 0.717) is 18.5 Å². The number of nitrogens with zero attached hydrogens (tertiary/aromatic N) is 1. The second-order valence-corrected chi connectivity index (χ2v) is 6.14. The summed E-state index contributed by atoms with van der Waals surface area (Å²) in [5, 5.41) is 0. The van der Waals surface area contributed by atoms with Gasteiger partial charge in [-0.05, 0) is 52.6 Å². The van der Waals surface area contributed by atoms with Crippen molar-refractivity contribution in [3.8, 4) is 0 Å². The summed E-state index contributed by atoms with van der Waals surface area (Å²) in [7, 11) is 0. The fourth-order valence-electron chi connectivity index (χ4n) is 2.78. The maximum atomic E-state index is 11.9. The Hall–Kier alpha value is -0.610. The number of nitrogens with two attached hydrogens (primary N) is 1. The molecule has 0 aromatic carbocycles. The van der Waals surface area contributed by atoms with Gasteiger partial charge in [0.2, 0.25) is 0 Å². The van der Waals surface area contributed by atoms with Gasteiger partial charge >= 0.3 is 5.97 Å². The van der Waals surface area contributed by atoms with Crippen molar-refractivity contribution in [1.29, 1.82) is 0 Å². The van der Waals surface area contributed by atoms with Gasteiger partial charge < -0.3 is 10.5 Å². The summed E-state index contributed by atoms with van der Waals surface area (Å²) >= 11 is 0. The molecule has 0 amide bonds. The maximum absolute atomic E-state index is 11.9. The average molecular weight is 256 g/mol. The summed E-state index contributed by atoms with van der Waals surface area (Å²) in [5.41, 5.74) is 5.40. The number of esters is 1. The highest BCUT2D eigenvalue weighted by Gasteiger charge is 2.32. The first-order chi connectivity index (χ1) is 8.37. The topological polar surface area (TPSA) is 55.6 Å². The number of rotatable bonds is 5. The zero-order valence-electron chi connectivity index (χ0n) is 12.2. The Morgan fingerprint density at radius 3 is 2.56 bits per heavy atom. The molecule has 1 aliphatic carbocycles. The number of ether oxygens (including phenoxy) is 1. The van der Waals surface area contributed by atoms with Gasteiger partial charge in [-0.2, -0.15) is 0 Å². The van der Waals surface area contributed by atoms with Crippen molar-refractivity contribution in [1.82, 2.24) is 4.90 Å². The summed E-state index contributed by atoms with van der Waals surface area (Å²) in [6.07, 6.45) is 3.56. The van der Waals surface area contributed by atoms with Crippen LogP contribution >= 0.6 is 0 Å². The lowest BCUT2D eigenvalue weighted by Gasteiger charge is -2.31. The molecule has 1 aliphatic rings. The fraction of sp³-hybridized carbons (Fsp3) is 0.929. The van der Waals surface area contributed by atoms with E-state index < -0.39 is 5.60 Å². The number of hydrogen-bond acceptors (Lipinski definition) is 4. The fourth-order valence-corrected chi connectivity index (χ4v) is 2.78. The molecule has 1 fully saturated rings. The highest BCUT2D eigenvalue weighted by molar-refractivity contribution is 5.72. The highest BCUT2D eigenvalue weighted by Crippen LogP contribution is 2.29. The molecular weight excluding hydrogens is 228 g/mol. The number of likely N-dealkylation sites (N-methyl/N-ethyl adjacent to an activating group) is 1. The van der Waals surface area contributed by atoms with Gasteiger partial charge in [0.15, 0.2) is 0 Å². The van der Waals surface area contributed by atoms with Gasteiger partial charge in [0.1, 0.15) is 5.60 Å². The van der Waals surface area contributed by atoms with E-state index in [1.54, 1.807) is 0 Å². The second-order valence-electron chi connectivity index (χ2n) is 6.14. The highest BCUT2D eigenvalue weighted by atomic mass is 16.6. The molecule has 2 atom stereocenters. The molecule has 0 saturated heterocycles. The van der Waals surface area contributed by atoms with E-state index in [1.807, 2.05) is 20.8 Å². The van der Waals surface area contributed by atoms with Crippen LogP contribution in [-0.4, -0.2) is 42.1 Å². The van der Waals surface area contributed by atoms with Gasteiger partial charge in [0.25, 0.3) is 0 Å². The third-order valence-corrected chi connectivity index (χ3v) is 3.55. The lowest BCUT2D eigenvalue weighted by molar-refractivity contribution is -0.156. The molecule has 0 aromatic heterocycles. The first-order valence-electron chi connectivity index (χ1n) is 7.03. The minimum Gasteiger partial charge on any atom is -0.459 e. The molecule has 0 spiro atoms. The molecule has 1 rings (SSSR count). The van der Waals surface area contributed by atoms with Crippen LogP contribution in [0, 0.1) is 5.92 Å². The molecule has 4 heteroatoms. The van der Waals surface area contributed by atoms with E-state index >= 15 is 0 Å². The van der Waals surface area contributed by atoms with Crippen LogP contribution in [0.5, 0.6) is 0 Å². The second kappa shape index (κ2) is 6.53. The van der Waals surface area contributed by atoms with Crippen molar-refractivity contribution in [2.24, 2.45) is 11.7 Å². The molecule has 1 saturated carbocycles. The van der Waals surface area contributed by atoms with Crippen LogP contribution in [0.1, 0.15) is 47.0 Å². The molecule has 106 valence electrons. The van der Waals surface area contributed by atoms with Crippen LogP contribution in [0.3, 0.4) is 0 Å². The Balaban J connectivity index is 2.53. The standard InChI is InChI=1S/C14H28N2O2/c1-5-16(10-13(17)18-14(2,3)4)12-8-6-7-11(12)9-15/h11-12H,5-10,15H2,1-4H3. The maximum Gasteiger partial charge on any atom is 0.320 e. The van der Waals surface area contributed by atoms with Crippen molar-refractivity contribution in [3.63, 3.8) is 0 Å². The van der Waals surface area contributed by atoms with Gasteiger partial charge in [0, 0.05) is 6.04 Å². The van der Waals surface area contributed by atoms with Crippen LogP contribution in [0.25, 0.3) is 0 Å².